The molecule has 8 nitrogen and oxygen atoms in total. The number of furan rings is 1. The molecule has 1 aromatic rings. The normalized spacial score (nSPS) is 37.4. The van der Waals surface area contributed by atoms with Crippen LogP contribution in [0.5, 0.6) is 0 Å². The van der Waals surface area contributed by atoms with Crippen molar-refractivity contribution >= 4 is 34.6 Å². The predicted octanol–water partition coefficient (Wildman–Crippen LogP) is 5.98. The molecule has 4 aliphatic carbocycles. The fourth-order valence-corrected chi connectivity index (χ4v) is 9.56. The van der Waals surface area contributed by atoms with Gasteiger partial charge in [0.05, 0.1) is 23.5 Å². The first kappa shape index (κ1) is 35.1. The zero-order valence-corrected chi connectivity index (χ0v) is 28.4. The zero-order chi connectivity index (χ0) is 34.6. The van der Waals surface area contributed by atoms with Gasteiger partial charge in [-0.05, 0) is 82.2 Å². The second-order valence-corrected chi connectivity index (χ2v) is 15.3. The highest BCUT2D eigenvalue weighted by atomic mass is 32.2. The number of hydrogen-bond donors (Lipinski definition) is 1. The van der Waals surface area contributed by atoms with E-state index >= 15 is 8.78 Å². The molecule has 0 bridgehead atoms. The fraction of sp³-hybridized carbons (Fsp3) is 0.611. The molecule has 0 spiro atoms. The summed E-state index contributed by atoms with van der Waals surface area (Å²) in [5.41, 5.74) is -7.75. The number of carbonyl (C=O) groups excluding carboxylic acids is 4. The van der Waals surface area contributed by atoms with Crippen molar-refractivity contribution in [1.82, 2.24) is 0 Å². The molecule has 0 unspecified atom stereocenters. The fourth-order valence-electron chi connectivity index (χ4n) is 8.56. The Kier molecular flexibility index (Phi) is 9.21. The number of alkyl halides is 2. The van der Waals surface area contributed by atoms with Crippen LogP contribution in [-0.2, 0) is 23.9 Å². The lowest BCUT2D eigenvalue weighted by atomic mass is 9.44. The SMILES string of the molecule is CCC(C)(C)C(=O)OCC#CCSC(=O)[C@@]1(OC(=O)c2ccco2)[C@H](C)C[C@H]2[C@@H]3C[C@H](F)C4=CC(=O)C=C[C@]4(C)[C@@]3(F)[C@@H](O)C[C@@]21C. The van der Waals surface area contributed by atoms with Crippen molar-refractivity contribution in [2.75, 3.05) is 12.4 Å². The smallest absolute Gasteiger partial charge is 0.375 e. The van der Waals surface area contributed by atoms with E-state index in [2.05, 4.69) is 11.8 Å². The number of hydrogen-bond acceptors (Lipinski definition) is 9. The van der Waals surface area contributed by atoms with Gasteiger partial charge in [0.2, 0.25) is 10.9 Å². The van der Waals surface area contributed by atoms with E-state index in [1.807, 2.05) is 6.92 Å². The van der Waals surface area contributed by atoms with Crippen molar-refractivity contribution in [2.45, 2.75) is 90.8 Å². The average molecular weight is 673 g/mol. The standard InChI is InChI=1S/C36H42F2O8S/c1-7-32(3,4)30(42)45-14-8-9-16-47-31(43)36(46-29(41)27-11-10-15-44-27)21(2)17-23-24-19-26(37)25-18-22(39)12-13-33(25,5)35(24,38)28(40)20-34(23,36)6/h10-13,15,18,21,23-24,26,28,40H,7,14,16-17,19-20H2,1-6H3/t21-,23+,24+,26+,28+,33+,34+,35+,36+/m1/s1. The van der Waals surface area contributed by atoms with Crippen LogP contribution in [0.4, 0.5) is 8.78 Å². The van der Waals surface area contributed by atoms with E-state index in [4.69, 9.17) is 13.9 Å². The number of ketones is 1. The number of thioether (sulfide) groups is 1. The third-order valence-corrected chi connectivity index (χ3v) is 12.4. The molecular formula is C36H42F2O8S. The van der Waals surface area contributed by atoms with Crippen molar-refractivity contribution in [3.8, 4) is 11.8 Å². The number of carbonyl (C=O) groups is 4. The Labute approximate surface area is 278 Å². The van der Waals surface area contributed by atoms with Crippen LogP contribution in [-0.4, -0.2) is 63.8 Å². The number of fused-ring (bicyclic) bond motifs is 5. The number of esters is 2. The van der Waals surface area contributed by atoms with Gasteiger partial charge in [-0.25, -0.2) is 13.6 Å². The van der Waals surface area contributed by atoms with Crippen LogP contribution in [0.2, 0.25) is 0 Å². The zero-order valence-electron chi connectivity index (χ0n) is 27.6. The molecule has 0 saturated heterocycles. The molecule has 254 valence electrons. The maximum Gasteiger partial charge on any atom is 0.375 e. The summed E-state index contributed by atoms with van der Waals surface area (Å²) in [5.74, 6) is 1.33. The molecule has 1 N–H and O–H groups in total. The molecule has 9 atom stereocenters. The molecule has 1 aromatic heterocycles. The maximum absolute atomic E-state index is 17.7. The number of aliphatic hydroxyl groups excluding tert-OH is 1. The van der Waals surface area contributed by atoms with Crippen molar-refractivity contribution in [3.63, 3.8) is 0 Å². The third-order valence-electron chi connectivity index (χ3n) is 11.6. The van der Waals surface area contributed by atoms with Crippen molar-refractivity contribution in [3.05, 3.63) is 48.0 Å². The first-order chi connectivity index (χ1) is 22.0. The van der Waals surface area contributed by atoms with Crippen molar-refractivity contribution in [1.29, 1.82) is 0 Å². The van der Waals surface area contributed by atoms with Crippen LogP contribution in [0.25, 0.3) is 0 Å². The van der Waals surface area contributed by atoms with Gasteiger partial charge in [-0.3, -0.25) is 14.4 Å². The monoisotopic (exact) mass is 672 g/mol. The maximum atomic E-state index is 17.7. The number of allylic oxidation sites excluding steroid dienone is 4. The average Bonchev–Trinajstić information content (AvgIpc) is 3.63. The van der Waals surface area contributed by atoms with E-state index in [0.717, 1.165) is 17.8 Å². The summed E-state index contributed by atoms with van der Waals surface area (Å²) < 4.78 is 50.3. The molecule has 3 fully saturated rings. The number of rotatable bonds is 7. The minimum absolute atomic E-state index is 0.00195. The quantitative estimate of drug-likeness (QED) is 0.276. The Bertz CT molecular complexity index is 1570. The van der Waals surface area contributed by atoms with E-state index in [1.165, 1.54) is 37.5 Å². The van der Waals surface area contributed by atoms with Gasteiger partial charge >= 0.3 is 11.9 Å². The molecule has 4 aliphatic rings. The number of aliphatic hydroxyl groups is 1. The van der Waals surface area contributed by atoms with Crippen molar-refractivity contribution in [2.24, 2.45) is 34.0 Å². The topological polar surface area (TPSA) is 120 Å². The highest BCUT2D eigenvalue weighted by Gasteiger charge is 2.78. The molecule has 0 aromatic carbocycles. The highest BCUT2D eigenvalue weighted by Crippen LogP contribution is 2.72. The molecule has 47 heavy (non-hydrogen) atoms. The molecule has 1 heterocycles. The summed E-state index contributed by atoms with van der Waals surface area (Å²) in [4.78, 5) is 52.3. The molecule has 0 amide bonds. The lowest BCUT2D eigenvalue weighted by molar-refractivity contribution is -0.221. The lowest BCUT2D eigenvalue weighted by Gasteiger charge is -2.63. The summed E-state index contributed by atoms with van der Waals surface area (Å²) in [5, 5.41) is 11.2. The van der Waals surface area contributed by atoms with Crippen LogP contribution in [0, 0.1) is 45.8 Å². The van der Waals surface area contributed by atoms with Gasteiger partial charge < -0.3 is 19.0 Å². The van der Waals surface area contributed by atoms with Crippen LogP contribution in [0.3, 0.4) is 0 Å². The Balaban J connectivity index is 1.47. The first-order valence-electron chi connectivity index (χ1n) is 16.0. The lowest BCUT2D eigenvalue weighted by Crippen LogP contribution is -2.70. The summed E-state index contributed by atoms with van der Waals surface area (Å²) in [6.07, 6.45) is 1.92. The Morgan fingerprint density at radius 2 is 1.91 bits per heavy atom. The van der Waals surface area contributed by atoms with Gasteiger partial charge in [-0.1, -0.05) is 50.4 Å². The number of halogens is 2. The molecule has 0 aliphatic heterocycles. The van der Waals surface area contributed by atoms with Crippen LogP contribution < -0.4 is 0 Å². The highest BCUT2D eigenvalue weighted by molar-refractivity contribution is 8.14. The molecule has 11 heteroatoms. The van der Waals surface area contributed by atoms with E-state index in [1.54, 1.807) is 27.7 Å². The Morgan fingerprint density at radius 3 is 2.57 bits per heavy atom. The van der Waals surface area contributed by atoms with Crippen LogP contribution in [0.1, 0.15) is 77.8 Å². The van der Waals surface area contributed by atoms with Gasteiger partial charge in [0.15, 0.2) is 23.7 Å². The van der Waals surface area contributed by atoms with Gasteiger partial charge in [0.25, 0.3) is 0 Å². The molecular weight excluding hydrogens is 630 g/mol. The third kappa shape index (κ3) is 5.30. The Hall–Kier alpha value is -3.23. The van der Waals surface area contributed by atoms with E-state index in [-0.39, 0.29) is 48.9 Å². The predicted molar refractivity (Wildman–Crippen MR) is 170 cm³/mol. The van der Waals surface area contributed by atoms with E-state index in [0.29, 0.717) is 6.42 Å². The summed E-state index contributed by atoms with van der Waals surface area (Å²) >= 11 is 0.819. The van der Waals surface area contributed by atoms with Gasteiger partial charge in [0.1, 0.15) is 6.17 Å². The first-order valence-corrected chi connectivity index (χ1v) is 17.0. The summed E-state index contributed by atoms with van der Waals surface area (Å²) in [7, 11) is 0. The molecule has 0 radical (unpaired) electrons. The molecule has 5 rings (SSSR count). The minimum Gasteiger partial charge on any atom is -0.457 e. The number of ether oxygens (including phenoxy) is 2. The summed E-state index contributed by atoms with van der Waals surface area (Å²) in [6, 6.07) is 2.91. The van der Waals surface area contributed by atoms with Gasteiger partial charge in [0, 0.05) is 22.7 Å². The van der Waals surface area contributed by atoms with Crippen LogP contribution in [0.15, 0.2) is 46.6 Å². The van der Waals surface area contributed by atoms with Crippen molar-refractivity contribution < 1.29 is 47.0 Å². The Morgan fingerprint density at radius 1 is 1.19 bits per heavy atom. The summed E-state index contributed by atoms with van der Waals surface area (Å²) in [6.45, 7) is 10.2. The minimum atomic E-state index is -2.35. The van der Waals surface area contributed by atoms with E-state index < -0.39 is 74.4 Å². The van der Waals surface area contributed by atoms with E-state index in [9.17, 15) is 24.3 Å². The second-order valence-electron chi connectivity index (χ2n) is 14.3. The van der Waals surface area contributed by atoms with Gasteiger partial charge in [-0.2, -0.15) is 0 Å². The largest absolute Gasteiger partial charge is 0.457 e. The van der Waals surface area contributed by atoms with Gasteiger partial charge in [-0.15, -0.1) is 0 Å². The molecule has 3 saturated carbocycles. The second kappa shape index (κ2) is 12.3. The van der Waals surface area contributed by atoms with Crippen LogP contribution >= 0.6 is 11.8 Å².